The van der Waals surface area contributed by atoms with Crippen molar-refractivity contribution in [3.8, 4) is 5.88 Å². The number of pyridine rings is 1. The molecule has 0 unspecified atom stereocenters. The van der Waals surface area contributed by atoms with Crippen molar-refractivity contribution in [1.29, 1.82) is 0 Å². The van der Waals surface area contributed by atoms with Gasteiger partial charge in [0, 0.05) is 24.3 Å². The third-order valence-electron chi connectivity index (χ3n) is 3.01. The van der Waals surface area contributed by atoms with E-state index in [-0.39, 0.29) is 0 Å². The van der Waals surface area contributed by atoms with E-state index in [4.69, 9.17) is 4.74 Å². The molecule has 3 heteroatoms. The van der Waals surface area contributed by atoms with Crippen LogP contribution < -0.4 is 10.1 Å². The molecule has 0 bridgehead atoms. The van der Waals surface area contributed by atoms with Gasteiger partial charge in [-0.15, -0.1) is 0 Å². The van der Waals surface area contributed by atoms with E-state index in [2.05, 4.69) is 30.2 Å². The van der Waals surface area contributed by atoms with Crippen molar-refractivity contribution in [3.05, 3.63) is 23.9 Å². The van der Waals surface area contributed by atoms with Crippen molar-refractivity contribution >= 4 is 0 Å². The summed E-state index contributed by atoms with van der Waals surface area (Å²) in [5, 5.41) is 3.39. The van der Waals surface area contributed by atoms with Gasteiger partial charge in [0.15, 0.2) is 0 Å². The molecule has 1 N–H and O–H groups in total. The molecule has 3 nitrogen and oxygen atoms in total. The van der Waals surface area contributed by atoms with Gasteiger partial charge in [-0.05, 0) is 18.4 Å². The van der Waals surface area contributed by atoms with Crippen LogP contribution in [0, 0.1) is 5.92 Å². The van der Waals surface area contributed by atoms with Crippen LogP contribution in [0.15, 0.2) is 18.3 Å². The minimum absolute atomic E-state index is 0.481. The smallest absolute Gasteiger partial charge is 0.217 e. The molecule has 1 fully saturated rings. The van der Waals surface area contributed by atoms with E-state index in [1.807, 2.05) is 6.07 Å². The van der Waals surface area contributed by atoms with Crippen molar-refractivity contribution in [2.75, 3.05) is 6.61 Å². The minimum atomic E-state index is 0.481. The Hall–Kier alpha value is -1.09. The molecule has 0 saturated heterocycles. The van der Waals surface area contributed by atoms with Crippen molar-refractivity contribution in [1.82, 2.24) is 10.3 Å². The molecule has 0 atom stereocenters. The summed E-state index contributed by atoms with van der Waals surface area (Å²) in [6.07, 6.45) is 5.74. The Labute approximate surface area is 104 Å². The van der Waals surface area contributed by atoms with Crippen LogP contribution in [0.2, 0.25) is 0 Å². The normalized spacial score (nSPS) is 15.2. The largest absolute Gasteiger partial charge is 0.477 e. The maximum Gasteiger partial charge on any atom is 0.217 e. The van der Waals surface area contributed by atoms with E-state index >= 15 is 0 Å². The molecular formula is C14H22N2O. The summed E-state index contributed by atoms with van der Waals surface area (Å²) in [5.74, 6) is 1.71. The monoisotopic (exact) mass is 234 g/mol. The Morgan fingerprint density at radius 2 is 2.29 bits per heavy atom. The van der Waals surface area contributed by atoms with Gasteiger partial charge in [-0.2, -0.15) is 0 Å². The first-order valence-corrected chi connectivity index (χ1v) is 6.56. The zero-order chi connectivity index (χ0) is 12.1. The molecule has 0 aliphatic heterocycles. The third-order valence-corrected chi connectivity index (χ3v) is 3.01. The molecule has 1 aromatic rings. The highest BCUT2D eigenvalue weighted by Crippen LogP contribution is 2.32. The fourth-order valence-electron chi connectivity index (χ4n) is 1.73. The quantitative estimate of drug-likeness (QED) is 0.787. The summed E-state index contributed by atoms with van der Waals surface area (Å²) in [7, 11) is 0. The van der Waals surface area contributed by atoms with Gasteiger partial charge in [-0.1, -0.05) is 32.8 Å². The predicted octanol–water partition coefficient (Wildman–Crippen LogP) is 2.76. The lowest BCUT2D eigenvalue weighted by Gasteiger charge is -2.12. The van der Waals surface area contributed by atoms with Gasteiger partial charge in [0.2, 0.25) is 5.88 Å². The lowest BCUT2D eigenvalue weighted by Crippen LogP contribution is -2.22. The van der Waals surface area contributed by atoms with Crippen molar-refractivity contribution in [2.45, 2.75) is 45.7 Å². The van der Waals surface area contributed by atoms with E-state index in [0.29, 0.717) is 6.04 Å². The van der Waals surface area contributed by atoms with Crippen LogP contribution in [0.5, 0.6) is 5.88 Å². The van der Waals surface area contributed by atoms with Gasteiger partial charge in [0.1, 0.15) is 0 Å². The second-order valence-electron chi connectivity index (χ2n) is 5.08. The Morgan fingerprint density at radius 1 is 1.47 bits per heavy atom. The fraction of sp³-hybridized carbons (Fsp3) is 0.643. The molecule has 1 aliphatic rings. The van der Waals surface area contributed by atoms with Gasteiger partial charge >= 0.3 is 0 Å². The Bertz CT molecular complexity index is 348. The average Bonchev–Trinajstić information content (AvgIpc) is 3.12. The molecular weight excluding hydrogens is 212 g/mol. The molecule has 94 valence electrons. The van der Waals surface area contributed by atoms with Crippen LogP contribution in [0.3, 0.4) is 0 Å². The molecule has 1 aliphatic carbocycles. The van der Waals surface area contributed by atoms with E-state index < -0.39 is 0 Å². The van der Waals surface area contributed by atoms with Crippen molar-refractivity contribution in [3.63, 3.8) is 0 Å². The highest BCUT2D eigenvalue weighted by molar-refractivity contribution is 5.25. The second kappa shape index (κ2) is 6.01. The highest BCUT2D eigenvalue weighted by atomic mass is 16.5. The first kappa shape index (κ1) is 12.4. The minimum Gasteiger partial charge on any atom is -0.477 e. The third kappa shape index (κ3) is 4.35. The summed E-state index contributed by atoms with van der Waals surface area (Å²) >= 11 is 0. The highest BCUT2D eigenvalue weighted by Gasteiger charge is 2.20. The molecule has 1 heterocycles. The fourth-order valence-corrected chi connectivity index (χ4v) is 1.73. The summed E-state index contributed by atoms with van der Waals surface area (Å²) in [4.78, 5) is 4.31. The molecule has 0 amide bonds. The molecule has 2 rings (SSSR count). The summed E-state index contributed by atoms with van der Waals surface area (Å²) < 4.78 is 5.77. The number of hydrogen-bond donors (Lipinski definition) is 1. The van der Waals surface area contributed by atoms with Crippen LogP contribution in [-0.4, -0.2) is 17.6 Å². The zero-order valence-electron chi connectivity index (χ0n) is 10.8. The van der Waals surface area contributed by atoms with Gasteiger partial charge in [0.05, 0.1) is 6.61 Å². The predicted molar refractivity (Wildman–Crippen MR) is 69.0 cm³/mol. The summed E-state index contributed by atoms with van der Waals surface area (Å²) in [6, 6.07) is 4.52. The Balaban J connectivity index is 1.84. The van der Waals surface area contributed by atoms with Crippen molar-refractivity contribution < 1.29 is 4.74 Å². The molecule has 1 aromatic heterocycles. The number of nitrogens with one attached hydrogen (secondary N) is 1. The SMILES string of the molecule is CC(C)NCc1cccnc1OCCC1CC1. The van der Waals surface area contributed by atoms with Gasteiger partial charge in [0.25, 0.3) is 0 Å². The number of aromatic nitrogens is 1. The lowest BCUT2D eigenvalue weighted by molar-refractivity contribution is 0.287. The Kier molecular flexibility index (Phi) is 4.37. The first-order valence-electron chi connectivity index (χ1n) is 6.56. The zero-order valence-corrected chi connectivity index (χ0v) is 10.8. The van der Waals surface area contributed by atoms with E-state index in [9.17, 15) is 0 Å². The van der Waals surface area contributed by atoms with Crippen LogP contribution in [-0.2, 0) is 6.54 Å². The number of hydrogen-bond acceptors (Lipinski definition) is 3. The van der Waals surface area contributed by atoms with Crippen molar-refractivity contribution in [2.24, 2.45) is 5.92 Å². The van der Waals surface area contributed by atoms with E-state index in [1.165, 1.54) is 19.3 Å². The van der Waals surface area contributed by atoms with Crippen LogP contribution >= 0.6 is 0 Å². The van der Waals surface area contributed by atoms with Crippen LogP contribution in [0.4, 0.5) is 0 Å². The summed E-state index contributed by atoms with van der Waals surface area (Å²) in [6.45, 7) is 5.91. The Morgan fingerprint density at radius 3 is 3.00 bits per heavy atom. The second-order valence-corrected chi connectivity index (χ2v) is 5.08. The molecule has 17 heavy (non-hydrogen) atoms. The maximum absolute atomic E-state index is 5.77. The van der Waals surface area contributed by atoms with Crippen LogP contribution in [0.1, 0.15) is 38.7 Å². The van der Waals surface area contributed by atoms with Gasteiger partial charge < -0.3 is 10.1 Å². The molecule has 0 spiro atoms. The number of nitrogens with zero attached hydrogens (tertiary/aromatic N) is 1. The maximum atomic E-state index is 5.77. The molecule has 0 radical (unpaired) electrons. The van der Waals surface area contributed by atoms with Crippen LogP contribution in [0.25, 0.3) is 0 Å². The average molecular weight is 234 g/mol. The first-order chi connectivity index (χ1) is 8.25. The number of rotatable bonds is 7. The molecule has 1 saturated carbocycles. The van der Waals surface area contributed by atoms with Gasteiger partial charge in [-0.25, -0.2) is 4.98 Å². The van der Waals surface area contributed by atoms with Gasteiger partial charge in [-0.3, -0.25) is 0 Å². The standard InChI is InChI=1S/C14H22N2O/c1-11(2)16-10-13-4-3-8-15-14(13)17-9-7-12-5-6-12/h3-4,8,11-12,16H,5-7,9-10H2,1-2H3. The lowest BCUT2D eigenvalue weighted by atomic mass is 10.2. The summed E-state index contributed by atoms with van der Waals surface area (Å²) in [5.41, 5.74) is 1.15. The topological polar surface area (TPSA) is 34.2 Å². The molecule has 0 aromatic carbocycles. The van der Waals surface area contributed by atoms with E-state index in [1.54, 1.807) is 6.20 Å². The number of ether oxygens (including phenoxy) is 1. The van der Waals surface area contributed by atoms with E-state index in [0.717, 1.165) is 30.5 Å².